The molecule has 0 bridgehead atoms. The Labute approximate surface area is 190 Å². The lowest BCUT2D eigenvalue weighted by Gasteiger charge is -2.20. The Hall–Kier alpha value is -2.84. The Balaban J connectivity index is 1.77. The first-order valence-corrected chi connectivity index (χ1v) is 11.1. The van der Waals surface area contributed by atoms with Crippen LogP contribution in [0.25, 0.3) is 5.69 Å². The fourth-order valence-corrected chi connectivity index (χ4v) is 3.70. The molecule has 0 atom stereocenters. The first kappa shape index (κ1) is 22.8. The number of thioether (sulfide) groups is 1. The molecule has 0 radical (unpaired) electrons. The van der Waals surface area contributed by atoms with Gasteiger partial charge in [-0.15, -0.1) is 10.2 Å². The summed E-state index contributed by atoms with van der Waals surface area (Å²) in [5.41, 5.74) is 1.51. The minimum atomic E-state index is -0.526. The van der Waals surface area contributed by atoms with Crippen LogP contribution in [0.15, 0.2) is 59.8 Å². The number of carbonyl (C=O) groups is 2. The monoisotopic (exact) mass is 457 g/mol. The van der Waals surface area contributed by atoms with E-state index in [2.05, 4.69) is 20.8 Å². The maximum absolute atomic E-state index is 12.2. The Bertz CT molecular complexity index is 1050. The quantitative estimate of drug-likeness (QED) is 0.541. The highest BCUT2D eigenvalue weighted by Crippen LogP contribution is 2.24. The van der Waals surface area contributed by atoms with Crippen molar-refractivity contribution in [3.8, 4) is 5.69 Å². The van der Waals surface area contributed by atoms with E-state index in [9.17, 15) is 9.59 Å². The van der Waals surface area contributed by atoms with Gasteiger partial charge in [-0.1, -0.05) is 53.7 Å². The summed E-state index contributed by atoms with van der Waals surface area (Å²) < 4.78 is 1.90. The van der Waals surface area contributed by atoms with Crippen LogP contribution in [-0.2, 0) is 11.2 Å². The number of nitrogens with zero attached hydrogens (tertiary/aromatic N) is 3. The van der Waals surface area contributed by atoms with Gasteiger partial charge < -0.3 is 5.32 Å². The summed E-state index contributed by atoms with van der Waals surface area (Å²) >= 11 is 7.25. The van der Waals surface area contributed by atoms with Gasteiger partial charge in [-0.05, 0) is 50.6 Å². The smallest absolute Gasteiger partial charge is 0.321 e. The zero-order valence-electron chi connectivity index (χ0n) is 17.6. The third kappa shape index (κ3) is 6.83. The molecule has 31 heavy (non-hydrogen) atoms. The van der Waals surface area contributed by atoms with Crippen LogP contribution in [0.1, 0.15) is 32.2 Å². The molecule has 2 N–H and O–H groups in total. The molecule has 1 aromatic heterocycles. The van der Waals surface area contributed by atoms with Crippen molar-refractivity contribution < 1.29 is 9.59 Å². The van der Waals surface area contributed by atoms with Crippen LogP contribution in [0.2, 0.25) is 5.02 Å². The summed E-state index contributed by atoms with van der Waals surface area (Å²) in [7, 11) is 0. The zero-order valence-corrected chi connectivity index (χ0v) is 19.1. The molecule has 1 heterocycles. The van der Waals surface area contributed by atoms with E-state index in [1.807, 2.05) is 67.8 Å². The fraction of sp³-hybridized carbons (Fsp3) is 0.273. The molecule has 9 heteroatoms. The van der Waals surface area contributed by atoms with Gasteiger partial charge in [0.15, 0.2) is 5.16 Å². The number of aromatic nitrogens is 3. The highest BCUT2D eigenvalue weighted by molar-refractivity contribution is 7.99. The molecule has 7 nitrogen and oxygen atoms in total. The highest BCUT2D eigenvalue weighted by Gasteiger charge is 2.19. The van der Waals surface area contributed by atoms with Crippen molar-refractivity contribution >= 4 is 35.3 Å². The van der Waals surface area contributed by atoms with Crippen LogP contribution in [0, 0.1) is 0 Å². The summed E-state index contributed by atoms with van der Waals surface area (Å²) in [6.07, 6.45) is 0.581. The molecule has 3 aromatic rings. The summed E-state index contributed by atoms with van der Waals surface area (Å²) in [5.74, 6) is 0.346. The standard InChI is InChI=1S/C22H24ClN5O2S/c1-22(2,3)25-20(30)24-19(29)14-31-21-27-26-18(13-15-7-5-4-6-8-15)28(21)17-11-9-16(23)10-12-17/h4-12H,13-14H2,1-3H3,(H2,24,25,29,30). The van der Waals surface area contributed by atoms with Gasteiger partial charge in [0, 0.05) is 22.7 Å². The van der Waals surface area contributed by atoms with Crippen molar-refractivity contribution in [1.82, 2.24) is 25.4 Å². The normalized spacial score (nSPS) is 11.2. The molecule has 0 aliphatic rings. The van der Waals surface area contributed by atoms with Gasteiger partial charge in [-0.2, -0.15) is 0 Å². The maximum atomic E-state index is 12.2. The van der Waals surface area contributed by atoms with Crippen molar-refractivity contribution in [2.45, 2.75) is 37.9 Å². The predicted octanol–water partition coefficient (Wildman–Crippen LogP) is 4.23. The number of hydrogen-bond acceptors (Lipinski definition) is 5. The largest absolute Gasteiger partial charge is 0.333 e. The summed E-state index contributed by atoms with van der Waals surface area (Å²) in [5, 5.41) is 14.8. The lowest BCUT2D eigenvalue weighted by atomic mass is 10.1. The third-order valence-corrected chi connectivity index (χ3v) is 5.25. The van der Waals surface area contributed by atoms with E-state index in [1.165, 1.54) is 11.8 Å². The topological polar surface area (TPSA) is 88.9 Å². The molecule has 0 saturated carbocycles. The number of nitrogens with one attached hydrogen (secondary N) is 2. The van der Waals surface area contributed by atoms with Gasteiger partial charge in [0.1, 0.15) is 5.82 Å². The molecule has 3 rings (SSSR count). The van der Waals surface area contributed by atoms with E-state index in [0.29, 0.717) is 16.6 Å². The molecule has 0 spiro atoms. The molecular weight excluding hydrogens is 434 g/mol. The lowest BCUT2D eigenvalue weighted by molar-refractivity contribution is -0.117. The number of carbonyl (C=O) groups excluding carboxylic acids is 2. The Morgan fingerprint density at radius 1 is 1.03 bits per heavy atom. The molecule has 3 amide bonds. The van der Waals surface area contributed by atoms with E-state index in [4.69, 9.17) is 11.6 Å². The van der Waals surface area contributed by atoms with Crippen LogP contribution < -0.4 is 10.6 Å². The van der Waals surface area contributed by atoms with Gasteiger partial charge in [0.2, 0.25) is 5.91 Å². The molecule has 0 saturated heterocycles. The molecule has 0 aliphatic carbocycles. The van der Waals surface area contributed by atoms with E-state index in [-0.39, 0.29) is 5.75 Å². The first-order chi connectivity index (χ1) is 14.7. The van der Waals surface area contributed by atoms with Crippen LogP contribution in [-0.4, -0.2) is 38.0 Å². The fourth-order valence-electron chi connectivity index (χ4n) is 2.80. The second kappa shape index (κ2) is 9.98. The molecule has 0 unspecified atom stereocenters. The zero-order chi connectivity index (χ0) is 22.4. The van der Waals surface area contributed by atoms with Gasteiger partial charge in [-0.3, -0.25) is 14.7 Å². The Morgan fingerprint density at radius 3 is 2.35 bits per heavy atom. The van der Waals surface area contributed by atoms with Crippen LogP contribution >= 0.6 is 23.4 Å². The number of amides is 3. The van der Waals surface area contributed by atoms with Gasteiger partial charge in [0.05, 0.1) is 5.75 Å². The van der Waals surface area contributed by atoms with E-state index in [1.54, 1.807) is 12.1 Å². The van der Waals surface area contributed by atoms with Crippen molar-refractivity contribution in [3.05, 3.63) is 71.0 Å². The minimum absolute atomic E-state index is 0.0224. The second-order valence-electron chi connectivity index (χ2n) is 7.91. The minimum Gasteiger partial charge on any atom is -0.333 e. The number of benzene rings is 2. The Morgan fingerprint density at radius 2 is 1.71 bits per heavy atom. The second-order valence-corrected chi connectivity index (χ2v) is 9.29. The average molecular weight is 458 g/mol. The molecule has 0 fully saturated rings. The first-order valence-electron chi connectivity index (χ1n) is 9.70. The van der Waals surface area contributed by atoms with E-state index in [0.717, 1.165) is 17.1 Å². The highest BCUT2D eigenvalue weighted by atomic mass is 35.5. The van der Waals surface area contributed by atoms with E-state index >= 15 is 0 Å². The molecule has 0 aliphatic heterocycles. The SMILES string of the molecule is CC(C)(C)NC(=O)NC(=O)CSc1nnc(Cc2ccccc2)n1-c1ccc(Cl)cc1. The number of urea groups is 1. The third-order valence-electron chi connectivity index (χ3n) is 4.06. The predicted molar refractivity (Wildman–Crippen MR) is 123 cm³/mol. The number of hydrogen-bond donors (Lipinski definition) is 2. The van der Waals surface area contributed by atoms with E-state index < -0.39 is 17.5 Å². The van der Waals surface area contributed by atoms with Crippen molar-refractivity contribution in [3.63, 3.8) is 0 Å². The van der Waals surface area contributed by atoms with Gasteiger partial charge in [-0.25, -0.2) is 4.79 Å². The Kier molecular flexibility index (Phi) is 7.35. The maximum Gasteiger partial charge on any atom is 0.321 e. The van der Waals surface area contributed by atoms with Crippen LogP contribution in [0.4, 0.5) is 4.79 Å². The number of halogens is 1. The average Bonchev–Trinajstić information content (AvgIpc) is 3.08. The summed E-state index contributed by atoms with van der Waals surface area (Å²) in [6, 6.07) is 16.8. The van der Waals surface area contributed by atoms with Crippen molar-refractivity contribution in [2.24, 2.45) is 0 Å². The summed E-state index contributed by atoms with van der Waals surface area (Å²) in [4.78, 5) is 24.1. The van der Waals surface area contributed by atoms with Crippen molar-refractivity contribution in [1.29, 1.82) is 0 Å². The number of rotatable bonds is 6. The van der Waals surface area contributed by atoms with Crippen molar-refractivity contribution in [2.75, 3.05) is 5.75 Å². The summed E-state index contributed by atoms with van der Waals surface area (Å²) in [6.45, 7) is 5.53. The number of imide groups is 1. The molecular formula is C22H24ClN5O2S. The molecule has 162 valence electrons. The van der Waals surface area contributed by atoms with Crippen LogP contribution in [0.5, 0.6) is 0 Å². The van der Waals surface area contributed by atoms with Crippen LogP contribution in [0.3, 0.4) is 0 Å². The van der Waals surface area contributed by atoms with Gasteiger partial charge in [0.25, 0.3) is 0 Å². The van der Waals surface area contributed by atoms with Gasteiger partial charge >= 0.3 is 6.03 Å². The molecule has 2 aromatic carbocycles. The lowest BCUT2D eigenvalue weighted by Crippen LogP contribution is -2.48.